The molecular weight excluding hydrogens is 248 g/mol. The number of hydrogen-bond acceptors (Lipinski definition) is 3. The summed E-state index contributed by atoms with van der Waals surface area (Å²) in [5.74, 6) is 1.06. The standard InChI is InChI=1S/C16H22N4/c1-11-8-12(2)16(13(3)9-11)14-10-15(19-18-14)20-6-4-17-5-7-20/h8-10,17H,4-7H2,1-3H3,(H,18,19). The Morgan fingerprint density at radius 3 is 2.30 bits per heavy atom. The highest BCUT2D eigenvalue weighted by molar-refractivity contribution is 5.70. The van der Waals surface area contributed by atoms with Gasteiger partial charge in [-0.1, -0.05) is 17.7 Å². The molecule has 3 rings (SSSR count). The van der Waals surface area contributed by atoms with Crippen molar-refractivity contribution in [3.63, 3.8) is 0 Å². The average molecular weight is 270 g/mol. The monoisotopic (exact) mass is 270 g/mol. The number of aromatic nitrogens is 2. The molecule has 1 aliphatic heterocycles. The minimum Gasteiger partial charge on any atom is -0.353 e. The Kier molecular flexibility index (Phi) is 3.49. The maximum atomic E-state index is 4.49. The topological polar surface area (TPSA) is 44.0 Å². The van der Waals surface area contributed by atoms with Crippen LogP contribution in [0.25, 0.3) is 11.3 Å². The lowest BCUT2D eigenvalue weighted by molar-refractivity contribution is 0.584. The number of nitrogens with one attached hydrogen (secondary N) is 2. The summed E-state index contributed by atoms with van der Waals surface area (Å²) in [6.45, 7) is 10.6. The molecule has 0 amide bonds. The first-order valence-corrected chi connectivity index (χ1v) is 7.24. The van der Waals surface area contributed by atoms with Gasteiger partial charge in [0, 0.05) is 37.8 Å². The van der Waals surface area contributed by atoms with Crippen molar-refractivity contribution in [2.45, 2.75) is 20.8 Å². The summed E-state index contributed by atoms with van der Waals surface area (Å²) in [5, 5.41) is 11.1. The summed E-state index contributed by atoms with van der Waals surface area (Å²) in [4.78, 5) is 2.33. The molecule has 4 heteroatoms. The fraction of sp³-hybridized carbons (Fsp3) is 0.438. The summed E-state index contributed by atoms with van der Waals surface area (Å²) in [7, 11) is 0. The van der Waals surface area contributed by atoms with E-state index in [2.05, 4.69) is 59.4 Å². The van der Waals surface area contributed by atoms with Crippen LogP contribution in [0, 0.1) is 20.8 Å². The summed E-state index contributed by atoms with van der Waals surface area (Å²) < 4.78 is 0. The summed E-state index contributed by atoms with van der Waals surface area (Å²) in [5.41, 5.74) is 6.32. The van der Waals surface area contributed by atoms with Gasteiger partial charge in [0.1, 0.15) is 0 Å². The molecule has 1 aromatic heterocycles. The lowest BCUT2D eigenvalue weighted by Gasteiger charge is -2.26. The van der Waals surface area contributed by atoms with Crippen LogP contribution in [0.3, 0.4) is 0 Å². The molecule has 2 aromatic rings. The van der Waals surface area contributed by atoms with Gasteiger partial charge >= 0.3 is 0 Å². The molecule has 1 saturated heterocycles. The number of piperazine rings is 1. The average Bonchev–Trinajstić information content (AvgIpc) is 2.88. The quantitative estimate of drug-likeness (QED) is 0.881. The molecule has 0 saturated carbocycles. The van der Waals surface area contributed by atoms with Crippen molar-refractivity contribution in [1.82, 2.24) is 15.5 Å². The second kappa shape index (κ2) is 5.29. The first kappa shape index (κ1) is 13.2. The van der Waals surface area contributed by atoms with Crippen LogP contribution in [0.1, 0.15) is 16.7 Å². The van der Waals surface area contributed by atoms with Crippen LogP contribution in [0.15, 0.2) is 18.2 Å². The van der Waals surface area contributed by atoms with E-state index in [4.69, 9.17) is 0 Å². The predicted octanol–water partition coefficient (Wildman–Crippen LogP) is 2.41. The van der Waals surface area contributed by atoms with Crippen molar-refractivity contribution in [3.05, 3.63) is 34.9 Å². The van der Waals surface area contributed by atoms with Crippen LogP contribution in [-0.4, -0.2) is 36.4 Å². The minimum atomic E-state index is 1.02. The molecule has 2 N–H and O–H groups in total. The maximum absolute atomic E-state index is 4.49. The normalized spacial score (nSPS) is 15.7. The number of benzene rings is 1. The highest BCUT2D eigenvalue weighted by atomic mass is 15.3. The van der Waals surface area contributed by atoms with E-state index in [0.29, 0.717) is 0 Å². The van der Waals surface area contributed by atoms with Gasteiger partial charge in [0.25, 0.3) is 0 Å². The van der Waals surface area contributed by atoms with E-state index < -0.39 is 0 Å². The van der Waals surface area contributed by atoms with Crippen LogP contribution in [0.4, 0.5) is 5.82 Å². The van der Waals surface area contributed by atoms with Crippen molar-refractivity contribution in [2.75, 3.05) is 31.1 Å². The van der Waals surface area contributed by atoms with E-state index in [1.54, 1.807) is 0 Å². The third kappa shape index (κ3) is 2.43. The van der Waals surface area contributed by atoms with Gasteiger partial charge in [-0.2, -0.15) is 5.10 Å². The zero-order valence-electron chi connectivity index (χ0n) is 12.5. The Balaban J connectivity index is 1.94. The second-order valence-corrected chi connectivity index (χ2v) is 5.65. The Morgan fingerprint density at radius 2 is 1.65 bits per heavy atom. The number of anilines is 1. The molecule has 0 spiro atoms. The van der Waals surface area contributed by atoms with Gasteiger partial charge < -0.3 is 10.2 Å². The van der Waals surface area contributed by atoms with Crippen LogP contribution in [0.5, 0.6) is 0 Å². The van der Waals surface area contributed by atoms with E-state index in [9.17, 15) is 0 Å². The van der Waals surface area contributed by atoms with Crippen LogP contribution < -0.4 is 10.2 Å². The molecule has 0 bridgehead atoms. The number of rotatable bonds is 2. The highest BCUT2D eigenvalue weighted by Gasteiger charge is 2.15. The summed E-state index contributed by atoms with van der Waals surface area (Å²) in [6, 6.07) is 6.64. The van der Waals surface area contributed by atoms with Crippen LogP contribution in [0.2, 0.25) is 0 Å². The van der Waals surface area contributed by atoms with Gasteiger partial charge in [-0.05, 0) is 31.9 Å². The molecule has 106 valence electrons. The first-order valence-electron chi connectivity index (χ1n) is 7.24. The Morgan fingerprint density at radius 1 is 1.00 bits per heavy atom. The molecule has 0 aliphatic carbocycles. The number of hydrogen-bond donors (Lipinski definition) is 2. The molecule has 2 heterocycles. The fourth-order valence-electron chi connectivity index (χ4n) is 3.10. The molecule has 20 heavy (non-hydrogen) atoms. The first-order chi connectivity index (χ1) is 9.65. The zero-order valence-corrected chi connectivity index (χ0v) is 12.5. The Bertz CT molecular complexity index is 586. The second-order valence-electron chi connectivity index (χ2n) is 5.65. The maximum Gasteiger partial charge on any atom is 0.151 e. The summed E-state index contributed by atoms with van der Waals surface area (Å²) >= 11 is 0. The van der Waals surface area contributed by atoms with E-state index >= 15 is 0 Å². The number of H-pyrrole nitrogens is 1. The third-order valence-electron chi connectivity index (χ3n) is 3.95. The third-order valence-corrected chi connectivity index (χ3v) is 3.95. The molecule has 0 atom stereocenters. The van der Waals surface area contributed by atoms with Crippen molar-refractivity contribution in [2.24, 2.45) is 0 Å². The molecule has 0 unspecified atom stereocenters. The molecule has 4 nitrogen and oxygen atoms in total. The predicted molar refractivity (Wildman–Crippen MR) is 83.3 cm³/mol. The lowest BCUT2D eigenvalue weighted by Crippen LogP contribution is -2.43. The van der Waals surface area contributed by atoms with Crippen LogP contribution >= 0.6 is 0 Å². The van der Waals surface area contributed by atoms with Crippen LogP contribution in [-0.2, 0) is 0 Å². The van der Waals surface area contributed by atoms with Gasteiger partial charge in [-0.3, -0.25) is 5.10 Å². The largest absolute Gasteiger partial charge is 0.353 e. The highest BCUT2D eigenvalue weighted by Crippen LogP contribution is 2.29. The van der Waals surface area contributed by atoms with Gasteiger partial charge in [0.2, 0.25) is 0 Å². The van der Waals surface area contributed by atoms with E-state index in [0.717, 1.165) is 37.7 Å². The van der Waals surface area contributed by atoms with Crippen molar-refractivity contribution in [3.8, 4) is 11.3 Å². The number of aromatic amines is 1. The van der Waals surface area contributed by atoms with Gasteiger partial charge in [-0.15, -0.1) is 0 Å². The lowest BCUT2D eigenvalue weighted by atomic mass is 9.97. The zero-order chi connectivity index (χ0) is 14.1. The SMILES string of the molecule is Cc1cc(C)c(-c2cc(N3CCNCC3)n[nH]2)c(C)c1. The van der Waals surface area contributed by atoms with E-state index in [1.165, 1.54) is 22.3 Å². The van der Waals surface area contributed by atoms with Crippen molar-refractivity contribution >= 4 is 5.82 Å². The van der Waals surface area contributed by atoms with Crippen molar-refractivity contribution in [1.29, 1.82) is 0 Å². The minimum absolute atomic E-state index is 1.02. The number of aryl methyl sites for hydroxylation is 3. The van der Waals surface area contributed by atoms with E-state index in [1.807, 2.05) is 0 Å². The van der Waals surface area contributed by atoms with Gasteiger partial charge in [0.15, 0.2) is 5.82 Å². The fourth-order valence-corrected chi connectivity index (χ4v) is 3.10. The van der Waals surface area contributed by atoms with Gasteiger partial charge in [0.05, 0.1) is 5.69 Å². The Hall–Kier alpha value is -1.81. The number of nitrogens with zero attached hydrogens (tertiary/aromatic N) is 2. The molecular formula is C16H22N4. The van der Waals surface area contributed by atoms with Crippen molar-refractivity contribution < 1.29 is 0 Å². The molecule has 1 fully saturated rings. The van der Waals surface area contributed by atoms with E-state index in [-0.39, 0.29) is 0 Å². The molecule has 0 radical (unpaired) electrons. The molecule has 1 aromatic carbocycles. The molecule has 1 aliphatic rings. The van der Waals surface area contributed by atoms with Gasteiger partial charge in [-0.25, -0.2) is 0 Å². The Labute approximate surface area is 120 Å². The summed E-state index contributed by atoms with van der Waals surface area (Å²) in [6.07, 6.45) is 0. The smallest absolute Gasteiger partial charge is 0.151 e.